The van der Waals surface area contributed by atoms with Crippen molar-refractivity contribution >= 4 is 17.6 Å². The molecule has 0 amide bonds. The largest absolute Gasteiger partial charge is 1.00 e. The number of halogens is 2. The van der Waals surface area contributed by atoms with Crippen LogP contribution in [-0.4, -0.2) is 50.6 Å². The highest BCUT2D eigenvalue weighted by Gasteiger charge is 2.07. The molecule has 0 radical (unpaired) electrons. The van der Waals surface area contributed by atoms with E-state index in [-0.39, 0.29) is 18.4 Å². The van der Waals surface area contributed by atoms with Gasteiger partial charge in [0.15, 0.2) is 0 Å². The van der Waals surface area contributed by atoms with Gasteiger partial charge in [0, 0.05) is 12.0 Å². The van der Waals surface area contributed by atoms with Crippen molar-refractivity contribution < 1.29 is 26.4 Å². The summed E-state index contributed by atoms with van der Waals surface area (Å²) in [6, 6.07) is 0. The Labute approximate surface area is 96.7 Å². The molecule has 0 rings (SSSR count). The maximum absolute atomic E-state index is 10.9. The molecule has 0 saturated heterocycles. The lowest BCUT2D eigenvalue weighted by Crippen LogP contribution is -3.00. The Morgan fingerprint density at radius 3 is 2.43 bits per heavy atom. The average Bonchev–Trinajstić information content (AvgIpc) is 1.98. The van der Waals surface area contributed by atoms with E-state index in [9.17, 15) is 4.79 Å². The summed E-state index contributed by atoms with van der Waals surface area (Å²) in [6.45, 7) is 1.25. The number of rotatable bonds is 5. The van der Waals surface area contributed by atoms with Gasteiger partial charge >= 0.3 is 5.97 Å². The Bertz CT molecular complexity index is 188. The number of hydrogen-bond acceptors (Lipinski definition) is 2. The van der Waals surface area contributed by atoms with E-state index in [1.165, 1.54) is 6.08 Å². The Morgan fingerprint density at radius 1 is 1.43 bits per heavy atom. The van der Waals surface area contributed by atoms with Gasteiger partial charge in [-0.1, -0.05) is 6.08 Å². The monoisotopic (exact) mass is 241 g/mol. The normalized spacial score (nSPS) is 11.1. The third-order valence-electron chi connectivity index (χ3n) is 1.35. The maximum Gasteiger partial charge on any atom is 0.330 e. The topological polar surface area (TPSA) is 26.3 Å². The minimum atomic E-state index is -0.325. The minimum Gasteiger partial charge on any atom is -1.00 e. The van der Waals surface area contributed by atoms with Crippen LogP contribution in [0.1, 0.15) is 0 Å². The Morgan fingerprint density at radius 2 is 2.00 bits per heavy atom. The van der Waals surface area contributed by atoms with E-state index in [2.05, 4.69) is 0 Å². The van der Waals surface area contributed by atoms with Gasteiger partial charge in [0.05, 0.1) is 21.1 Å². The van der Waals surface area contributed by atoms with Crippen molar-refractivity contribution in [1.29, 1.82) is 0 Å². The predicted octanol–water partition coefficient (Wildman–Crippen LogP) is -1.97. The van der Waals surface area contributed by atoms with Gasteiger partial charge < -0.3 is 21.6 Å². The molecular formula is C9H17Cl2NO2. The molecule has 0 aromatic carbocycles. The van der Waals surface area contributed by atoms with E-state index < -0.39 is 0 Å². The lowest BCUT2D eigenvalue weighted by molar-refractivity contribution is -0.870. The summed E-state index contributed by atoms with van der Waals surface area (Å²) in [6.07, 6.45) is 2.92. The number of quaternary nitrogens is 1. The Balaban J connectivity index is 0. The van der Waals surface area contributed by atoms with Gasteiger partial charge in [0.1, 0.15) is 13.2 Å². The van der Waals surface area contributed by atoms with Gasteiger partial charge in [0.2, 0.25) is 0 Å². The fraction of sp³-hybridized carbons (Fsp3) is 0.667. The number of hydrogen-bond donors (Lipinski definition) is 0. The molecule has 5 heteroatoms. The van der Waals surface area contributed by atoms with Gasteiger partial charge in [0.25, 0.3) is 0 Å². The number of alkyl halides is 1. The summed E-state index contributed by atoms with van der Waals surface area (Å²) >= 11 is 5.35. The van der Waals surface area contributed by atoms with Crippen molar-refractivity contribution in [3.05, 3.63) is 12.2 Å². The summed E-state index contributed by atoms with van der Waals surface area (Å²) in [7, 11) is 6.13. The van der Waals surface area contributed by atoms with E-state index in [0.29, 0.717) is 12.5 Å². The smallest absolute Gasteiger partial charge is 0.330 e. The number of allylic oxidation sites excluding steroid dienone is 1. The lowest BCUT2D eigenvalue weighted by Gasteiger charge is -2.23. The highest BCUT2D eigenvalue weighted by molar-refractivity contribution is 6.19. The van der Waals surface area contributed by atoms with Gasteiger partial charge in [-0.25, -0.2) is 4.79 Å². The summed E-state index contributed by atoms with van der Waals surface area (Å²) in [5.41, 5.74) is 0. The first-order valence-corrected chi connectivity index (χ1v) is 4.69. The van der Waals surface area contributed by atoms with E-state index in [1.807, 2.05) is 21.1 Å². The van der Waals surface area contributed by atoms with E-state index >= 15 is 0 Å². The molecule has 0 heterocycles. The molecule has 3 nitrogen and oxygen atoms in total. The van der Waals surface area contributed by atoms with Crippen molar-refractivity contribution in [2.75, 3.05) is 40.2 Å². The number of ether oxygens (including phenoxy) is 1. The molecule has 14 heavy (non-hydrogen) atoms. The molecule has 0 aromatic heterocycles. The van der Waals surface area contributed by atoms with Gasteiger partial charge in [-0.2, -0.15) is 0 Å². The zero-order chi connectivity index (χ0) is 10.3. The van der Waals surface area contributed by atoms with Crippen LogP contribution in [0.2, 0.25) is 0 Å². The molecule has 0 N–H and O–H groups in total. The van der Waals surface area contributed by atoms with E-state index in [4.69, 9.17) is 16.3 Å². The maximum atomic E-state index is 10.9. The van der Waals surface area contributed by atoms with Crippen LogP contribution < -0.4 is 12.4 Å². The molecule has 0 bridgehead atoms. The number of esters is 1. The number of carbonyl (C=O) groups is 1. The van der Waals surface area contributed by atoms with Crippen LogP contribution in [0.3, 0.4) is 0 Å². The highest BCUT2D eigenvalue weighted by atomic mass is 35.5. The minimum absolute atomic E-state index is 0. The van der Waals surface area contributed by atoms with Crippen LogP contribution in [0.5, 0.6) is 0 Å². The summed E-state index contributed by atoms with van der Waals surface area (Å²) in [5.74, 6) is 0.0128. The highest BCUT2D eigenvalue weighted by Crippen LogP contribution is 1.90. The molecule has 0 aromatic rings. The predicted molar refractivity (Wildman–Crippen MR) is 53.7 cm³/mol. The third kappa shape index (κ3) is 11.8. The first-order chi connectivity index (χ1) is 5.95. The quantitative estimate of drug-likeness (QED) is 0.242. The van der Waals surface area contributed by atoms with Crippen molar-refractivity contribution in [2.24, 2.45) is 0 Å². The van der Waals surface area contributed by atoms with Crippen LogP contribution in [0, 0.1) is 0 Å². The Hall–Kier alpha value is -0.250. The third-order valence-corrected chi connectivity index (χ3v) is 1.53. The SMILES string of the molecule is C[N+](C)(C)CCOC(=O)C=CCCl.[Cl-]. The molecular weight excluding hydrogens is 225 g/mol. The number of carbonyl (C=O) groups excluding carboxylic acids is 1. The zero-order valence-corrected chi connectivity index (χ0v) is 10.3. The fourth-order valence-electron chi connectivity index (χ4n) is 0.609. The van der Waals surface area contributed by atoms with Crippen molar-refractivity contribution in [2.45, 2.75) is 0 Å². The van der Waals surface area contributed by atoms with Crippen LogP contribution in [-0.2, 0) is 9.53 Å². The molecule has 0 aliphatic carbocycles. The Kier molecular flexibility index (Phi) is 9.36. The van der Waals surface area contributed by atoms with E-state index in [0.717, 1.165) is 11.0 Å². The lowest BCUT2D eigenvalue weighted by atomic mass is 10.5. The molecule has 0 atom stereocenters. The molecule has 0 fully saturated rings. The standard InChI is InChI=1S/C9H17ClNO2.ClH/c1-11(2,3)7-8-13-9(12)5-4-6-10;/h4-5H,6-8H2,1-3H3;1H/q+1;/p-1. The second kappa shape index (κ2) is 8.09. The molecule has 0 aliphatic rings. The average molecular weight is 242 g/mol. The van der Waals surface area contributed by atoms with Gasteiger partial charge in [-0.3, -0.25) is 0 Å². The number of likely N-dealkylation sites (N-methyl/N-ethyl adjacent to an activating group) is 1. The first kappa shape index (κ1) is 16.2. The van der Waals surface area contributed by atoms with Crippen LogP contribution in [0.15, 0.2) is 12.2 Å². The van der Waals surface area contributed by atoms with Crippen LogP contribution in [0.25, 0.3) is 0 Å². The second-order valence-corrected chi connectivity index (χ2v) is 4.05. The molecule has 0 aliphatic heterocycles. The number of nitrogens with zero attached hydrogens (tertiary/aromatic N) is 1. The van der Waals surface area contributed by atoms with E-state index in [1.54, 1.807) is 6.08 Å². The van der Waals surface area contributed by atoms with Crippen molar-refractivity contribution in [3.8, 4) is 0 Å². The first-order valence-electron chi connectivity index (χ1n) is 4.15. The molecule has 0 saturated carbocycles. The van der Waals surface area contributed by atoms with Gasteiger partial charge in [-0.15, -0.1) is 11.6 Å². The van der Waals surface area contributed by atoms with Crippen molar-refractivity contribution in [1.82, 2.24) is 0 Å². The summed E-state index contributed by atoms with van der Waals surface area (Å²) in [5, 5.41) is 0. The fourth-order valence-corrected chi connectivity index (χ4v) is 0.698. The van der Waals surface area contributed by atoms with Crippen LogP contribution in [0.4, 0.5) is 0 Å². The van der Waals surface area contributed by atoms with Crippen LogP contribution >= 0.6 is 11.6 Å². The molecule has 84 valence electrons. The molecule has 0 spiro atoms. The van der Waals surface area contributed by atoms with Gasteiger partial charge in [-0.05, 0) is 0 Å². The zero-order valence-electron chi connectivity index (χ0n) is 8.80. The van der Waals surface area contributed by atoms with Crippen molar-refractivity contribution in [3.63, 3.8) is 0 Å². The summed E-state index contributed by atoms with van der Waals surface area (Å²) in [4.78, 5) is 10.9. The second-order valence-electron chi connectivity index (χ2n) is 3.74. The summed E-state index contributed by atoms with van der Waals surface area (Å²) < 4.78 is 5.70. The molecule has 0 unspecified atom stereocenters.